The van der Waals surface area contributed by atoms with Gasteiger partial charge in [0, 0.05) is 18.2 Å². The Bertz CT molecular complexity index is 596. The Hall–Kier alpha value is -1.52. The van der Waals surface area contributed by atoms with Gasteiger partial charge >= 0.3 is 0 Å². The van der Waals surface area contributed by atoms with E-state index in [1.807, 2.05) is 38.1 Å². The van der Waals surface area contributed by atoms with Crippen LogP contribution in [0, 0.1) is 6.92 Å². The van der Waals surface area contributed by atoms with Gasteiger partial charge in [0.15, 0.2) is 0 Å². The number of aliphatic hydroxyl groups excluding tert-OH is 1. The van der Waals surface area contributed by atoms with E-state index in [2.05, 4.69) is 5.10 Å². The normalized spacial score (nSPS) is 12.4. The van der Waals surface area contributed by atoms with Crippen molar-refractivity contribution in [2.45, 2.75) is 33.0 Å². The fraction of sp³-hybridized carbons (Fsp3) is 0.400. The number of aryl methyl sites for hydroxylation is 2. The van der Waals surface area contributed by atoms with Gasteiger partial charge in [-0.25, -0.2) is 0 Å². The molecule has 5 heteroatoms. The van der Waals surface area contributed by atoms with Gasteiger partial charge in [-0.15, -0.1) is 0 Å². The minimum atomic E-state index is -0.517. The summed E-state index contributed by atoms with van der Waals surface area (Å²) in [7, 11) is 1.80. The number of nitrogens with zero attached hydrogens (tertiary/aromatic N) is 2. The first kappa shape index (κ1) is 14.9. The van der Waals surface area contributed by atoms with Gasteiger partial charge in [-0.3, -0.25) is 4.68 Å². The van der Waals surface area contributed by atoms with Crippen LogP contribution in [0.15, 0.2) is 24.3 Å². The van der Waals surface area contributed by atoms with Crippen LogP contribution in [-0.4, -0.2) is 14.9 Å². The zero-order chi connectivity index (χ0) is 14.7. The number of hydrogen-bond acceptors (Lipinski definition) is 3. The molecule has 0 saturated heterocycles. The van der Waals surface area contributed by atoms with Crippen molar-refractivity contribution in [2.75, 3.05) is 0 Å². The van der Waals surface area contributed by atoms with Crippen molar-refractivity contribution in [3.8, 4) is 5.75 Å². The number of aliphatic hydroxyl groups is 1. The number of benzene rings is 1. The second-order valence-corrected chi connectivity index (χ2v) is 5.09. The number of halogens is 1. The minimum absolute atomic E-state index is 0.339. The molecule has 1 aromatic carbocycles. The van der Waals surface area contributed by atoms with Crippen LogP contribution in [0.2, 0.25) is 5.15 Å². The number of para-hydroxylation sites is 1. The number of hydrogen-bond donors (Lipinski definition) is 1. The molecule has 0 spiro atoms. The fourth-order valence-corrected chi connectivity index (χ4v) is 2.32. The maximum atomic E-state index is 10.00. The summed E-state index contributed by atoms with van der Waals surface area (Å²) in [5.41, 5.74) is 2.52. The van der Waals surface area contributed by atoms with Crippen molar-refractivity contribution in [1.82, 2.24) is 9.78 Å². The second-order valence-electron chi connectivity index (χ2n) is 4.73. The van der Waals surface area contributed by atoms with E-state index in [1.54, 1.807) is 11.7 Å². The number of rotatable bonds is 5. The Labute approximate surface area is 123 Å². The Morgan fingerprint density at radius 1 is 1.40 bits per heavy atom. The van der Waals surface area contributed by atoms with Crippen molar-refractivity contribution >= 4 is 11.6 Å². The predicted octanol–water partition coefficient (Wildman–Crippen LogP) is 3.40. The average Bonchev–Trinajstić information content (AvgIpc) is 2.70. The van der Waals surface area contributed by atoms with E-state index in [9.17, 15) is 5.11 Å². The van der Waals surface area contributed by atoms with Gasteiger partial charge in [-0.2, -0.15) is 5.10 Å². The highest BCUT2D eigenvalue weighted by Gasteiger charge is 2.14. The van der Waals surface area contributed by atoms with E-state index in [0.717, 1.165) is 16.8 Å². The van der Waals surface area contributed by atoms with Gasteiger partial charge in [0.1, 0.15) is 17.5 Å². The van der Waals surface area contributed by atoms with Gasteiger partial charge in [0.2, 0.25) is 0 Å². The lowest BCUT2D eigenvalue weighted by Crippen LogP contribution is -2.03. The zero-order valence-electron chi connectivity index (χ0n) is 11.9. The van der Waals surface area contributed by atoms with Gasteiger partial charge in [-0.05, 0) is 19.4 Å². The first-order chi connectivity index (χ1) is 9.54. The maximum absolute atomic E-state index is 10.00. The van der Waals surface area contributed by atoms with Gasteiger partial charge < -0.3 is 9.84 Å². The highest BCUT2D eigenvalue weighted by Crippen LogP contribution is 2.28. The van der Waals surface area contributed by atoms with Crippen molar-refractivity contribution in [3.05, 3.63) is 46.2 Å². The highest BCUT2D eigenvalue weighted by molar-refractivity contribution is 6.30. The molecule has 108 valence electrons. The van der Waals surface area contributed by atoms with Crippen LogP contribution in [0.4, 0.5) is 0 Å². The molecule has 2 rings (SSSR count). The van der Waals surface area contributed by atoms with Crippen LogP contribution in [0.5, 0.6) is 5.75 Å². The van der Waals surface area contributed by atoms with Gasteiger partial charge in [0.05, 0.1) is 11.8 Å². The third kappa shape index (κ3) is 2.97. The fourth-order valence-electron chi connectivity index (χ4n) is 2.09. The Balaban J connectivity index is 2.19. The summed E-state index contributed by atoms with van der Waals surface area (Å²) in [4.78, 5) is 0. The standard InChI is InChI=1S/C15H19ClN2O2/c1-4-13(19)11-7-5-6-8-14(11)20-9-12-10(2)17-18(3)15(12)16/h5-8,13,19H,4,9H2,1-3H3. The topological polar surface area (TPSA) is 47.3 Å². The van der Waals surface area contributed by atoms with E-state index in [0.29, 0.717) is 23.9 Å². The average molecular weight is 295 g/mol. The van der Waals surface area contributed by atoms with Crippen LogP contribution < -0.4 is 4.74 Å². The van der Waals surface area contributed by atoms with Gasteiger partial charge in [0.25, 0.3) is 0 Å². The summed E-state index contributed by atoms with van der Waals surface area (Å²) in [6.07, 6.45) is 0.129. The van der Waals surface area contributed by atoms with Crippen molar-refractivity contribution < 1.29 is 9.84 Å². The molecule has 0 amide bonds. The summed E-state index contributed by atoms with van der Waals surface area (Å²) >= 11 is 6.18. The Morgan fingerprint density at radius 3 is 2.70 bits per heavy atom. The van der Waals surface area contributed by atoms with Gasteiger partial charge in [-0.1, -0.05) is 36.7 Å². The lowest BCUT2D eigenvalue weighted by Gasteiger charge is -2.14. The quantitative estimate of drug-likeness (QED) is 0.919. The van der Waals surface area contributed by atoms with E-state index in [1.165, 1.54) is 0 Å². The molecular formula is C15H19ClN2O2. The van der Waals surface area contributed by atoms with Crippen molar-refractivity contribution in [3.63, 3.8) is 0 Å². The largest absolute Gasteiger partial charge is 0.488 e. The summed E-state index contributed by atoms with van der Waals surface area (Å²) in [6, 6.07) is 7.51. The monoisotopic (exact) mass is 294 g/mol. The summed E-state index contributed by atoms with van der Waals surface area (Å²) < 4.78 is 7.45. The lowest BCUT2D eigenvalue weighted by molar-refractivity contribution is 0.166. The molecule has 0 bridgehead atoms. The van der Waals surface area contributed by atoms with E-state index in [-0.39, 0.29) is 0 Å². The molecule has 0 aliphatic rings. The lowest BCUT2D eigenvalue weighted by atomic mass is 10.1. The summed E-state index contributed by atoms with van der Waals surface area (Å²) in [5.74, 6) is 0.682. The molecule has 1 aromatic heterocycles. The molecule has 4 nitrogen and oxygen atoms in total. The zero-order valence-corrected chi connectivity index (χ0v) is 12.7. The van der Waals surface area contributed by atoms with Crippen molar-refractivity contribution in [1.29, 1.82) is 0 Å². The SMILES string of the molecule is CCC(O)c1ccccc1OCc1c(C)nn(C)c1Cl. The molecule has 1 atom stereocenters. The van der Waals surface area contributed by atoms with Crippen molar-refractivity contribution in [2.24, 2.45) is 7.05 Å². The van der Waals surface area contributed by atoms with E-state index in [4.69, 9.17) is 16.3 Å². The molecule has 2 aromatic rings. The van der Waals surface area contributed by atoms with Crippen LogP contribution in [0.25, 0.3) is 0 Å². The van der Waals surface area contributed by atoms with E-state index < -0.39 is 6.10 Å². The number of ether oxygens (including phenoxy) is 1. The molecule has 1 heterocycles. The first-order valence-electron chi connectivity index (χ1n) is 6.62. The second kappa shape index (κ2) is 6.29. The maximum Gasteiger partial charge on any atom is 0.133 e. The molecular weight excluding hydrogens is 276 g/mol. The van der Waals surface area contributed by atoms with Crippen LogP contribution in [-0.2, 0) is 13.7 Å². The summed E-state index contributed by atoms with van der Waals surface area (Å²) in [5, 5.41) is 14.8. The Morgan fingerprint density at radius 2 is 2.10 bits per heavy atom. The van der Waals surface area contributed by atoms with E-state index >= 15 is 0 Å². The first-order valence-corrected chi connectivity index (χ1v) is 7.00. The van der Waals surface area contributed by atoms with Crippen LogP contribution in [0.1, 0.15) is 36.3 Å². The summed E-state index contributed by atoms with van der Waals surface area (Å²) in [6.45, 7) is 4.17. The molecule has 1 N–H and O–H groups in total. The molecule has 0 aliphatic carbocycles. The molecule has 0 aliphatic heterocycles. The smallest absolute Gasteiger partial charge is 0.133 e. The molecule has 0 radical (unpaired) electrons. The van der Waals surface area contributed by atoms with Crippen LogP contribution in [0.3, 0.4) is 0 Å². The number of aromatic nitrogens is 2. The minimum Gasteiger partial charge on any atom is -0.488 e. The molecule has 0 saturated carbocycles. The Kier molecular flexibility index (Phi) is 4.68. The predicted molar refractivity (Wildman–Crippen MR) is 79.0 cm³/mol. The van der Waals surface area contributed by atoms with Crippen LogP contribution >= 0.6 is 11.6 Å². The molecule has 1 unspecified atom stereocenters. The third-order valence-corrected chi connectivity index (χ3v) is 3.78. The highest BCUT2D eigenvalue weighted by atomic mass is 35.5. The molecule has 0 fully saturated rings. The molecule has 20 heavy (non-hydrogen) atoms. The third-order valence-electron chi connectivity index (χ3n) is 3.31.